The number of hydrogen-bond donors (Lipinski definition) is 1. The summed E-state index contributed by atoms with van der Waals surface area (Å²) < 4.78 is 0. The zero-order valence-electron chi connectivity index (χ0n) is 16.3. The van der Waals surface area contributed by atoms with Gasteiger partial charge in [-0.25, -0.2) is 0 Å². The van der Waals surface area contributed by atoms with Crippen molar-refractivity contribution in [1.29, 1.82) is 0 Å². The number of anilines is 1. The number of carbonyl (C=O) groups excluding carboxylic acids is 2. The molecule has 0 saturated carbocycles. The molecule has 1 aliphatic rings. The van der Waals surface area contributed by atoms with Gasteiger partial charge in [0.25, 0.3) is 11.8 Å². The molecule has 5 nitrogen and oxygen atoms in total. The van der Waals surface area contributed by atoms with E-state index in [0.29, 0.717) is 11.3 Å². The summed E-state index contributed by atoms with van der Waals surface area (Å²) in [5.41, 5.74) is 5.17. The summed E-state index contributed by atoms with van der Waals surface area (Å²) in [6, 6.07) is 18.9. The quantitative estimate of drug-likeness (QED) is 0.674. The third-order valence-electron chi connectivity index (χ3n) is 4.97. The molecular weight excluding hydrogens is 362 g/mol. The van der Waals surface area contributed by atoms with Crippen molar-refractivity contribution in [3.8, 4) is 0 Å². The molecule has 0 fully saturated rings. The van der Waals surface area contributed by atoms with Gasteiger partial charge in [0.05, 0.1) is 12.1 Å². The van der Waals surface area contributed by atoms with Crippen molar-refractivity contribution < 1.29 is 9.59 Å². The summed E-state index contributed by atoms with van der Waals surface area (Å²) in [5.74, 6) is -0.627. The van der Waals surface area contributed by atoms with Crippen molar-refractivity contribution in [2.45, 2.75) is 20.4 Å². The molecule has 0 bridgehead atoms. The highest BCUT2D eigenvalue weighted by molar-refractivity contribution is 6.36. The van der Waals surface area contributed by atoms with Crippen molar-refractivity contribution >= 4 is 23.1 Å². The van der Waals surface area contributed by atoms with Gasteiger partial charge in [0.15, 0.2) is 0 Å². The van der Waals surface area contributed by atoms with Crippen LogP contribution in [-0.2, 0) is 16.1 Å². The van der Waals surface area contributed by atoms with Gasteiger partial charge in [-0.05, 0) is 54.3 Å². The molecular formula is C24H21N3O2. The zero-order valence-corrected chi connectivity index (χ0v) is 16.3. The highest BCUT2D eigenvalue weighted by atomic mass is 16.2. The maximum absolute atomic E-state index is 13.3. The highest BCUT2D eigenvalue weighted by Crippen LogP contribution is 2.32. The van der Waals surface area contributed by atoms with Crippen LogP contribution in [0, 0.1) is 13.8 Å². The van der Waals surface area contributed by atoms with Crippen LogP contribution in [0.3, 0.4) is 0 Å². The van der Waals surface area contributed by atoms with Crippen LogP contribution in [-0.4, -0.2) is 21.7 Å². The molecule has 2 amide bonds. The first-order valence-electron chi connectivity index (χ1n) is 9.43. The fourth-order valence-corrected chi connectivity index (χ4v) is 3.38. The van der Waals surface area contributed by atoms with E-state index in [2.05, 4.69) is 10.3 Å². The number of pyridine rings is 1. The van der Waals surface area contributed by atoms with Crippen molar-refractivity contribution in [1.82, 2.24) is 9.88 Å². The lowest BCUT2D eigenvalue weighted by molar-refractivity contribution is -0.137. The minimum absolute atomic E-state index is 0.203. The van der Waals surface area contributed by atoms with E-state index in [-0.39, 0.29) is 18.4 Å². The Balaban J connectivity index is 1.76. The van der Waals surface area contributed by atoms with E-state index < -0.39 is 0 Å². The molecule has 4 rings (SSSR count). The molecule has 0 saturated heterocycles. The van der Waals surface area contributed by atoms with Crippen LogP contribution in [0.25, 0.3) is 5.57 Å². The Labute approximate surface area is 169 Å². The summed E-state index contributed by atoms with van der Waals surface area (Å²) in [6.45, 7) is 4.17. The Morgan fingerprint density at radius 1 is 0.897 bits per heavy atom. The third kappa shape index (κ3) is 3.67. The Hall–Kier alpha value is -3.73. The van der Waals surface area contributed by atoms with Gasteiger partial charge < -0.3 is 5.32 Å². The van der Waals surface area contributed by atoms with Gasteiger partial charge in [0.2, 0.25) is 0 Å². The topological polar surface area (TPSA) is 62.3 Å². The van der Waals surface area contributed by atoms with E-state index in [1.165, 1.54) is 4.90 Å². The number of rotatable bonds is 5. The van der Waals surface area contributed by atoms with Gasteiger partial charge in [-0.15, -0.1) is 0 Å². The maximum Gasteiger partial charge on any atom is 0.278 e. The van der Waals surface area contributed by atoms with E-state index in [0.717, 1.165) is 27.9 Å². The molecule has 144 valence electrons. The predicted molar refractivity (Wildman–Crippen MR) is 113 cm³/mol. The molecule has 1 aromatic heterocycles. The molecule has 0 radical (unpaired) electrons. The molecule has 1 N–H and O–H groups in total. The van der Waals surface area contributed by atoms with Gasteiger partial charge in [0.1, 0.15) is 5.70 Å². The molecule has 0 atom stereocenters. The van der Waals surface area contributed by atoms with E-state index in [1.807, 2.05) is 62.4 Å². The number of aryl methyl sites for hydroxylation is 2. The lowest BCUT2D eigenvalue weighted by Crippen LogP contribution is -2.32. The van der Waals surface area contributed by atoms with Crippen LogP contribution in [0.5, 0.6) is 0 Å². The number of imide groups is 1. The van der Waals surface area contributed by atoms with Gasteiger partial charge >= 0.3 is 0 Å². The number of amides is 2. The first-order chi connectivity index (χ1) is 14.0. The lowest BCUT2D eigenvalue weighted by Gasteiger charge is -2.16. The average Bonchev–Trinajstić information content (AvgIpc) is 2.96. The standard InChI is InChI=1S/C24H21N3O2/c1-16-8-9-17(2)20(14-16)26-22-21(19-6-4-3-5-7-19)23(28)27(24(22)29)15-18-10-12-25-13-11-18/h3-14,26H,15H2,1-2H3. The molecule has 3 aromatic rings. The number of hydrogen-bond acceptors (Lipinski definition) is 4. The highest BCUT2D eigenvalue weighted by Gasteiger charge is 2.39. The third-order valence-corrected chi connectivity index (χ3v) is 4.97. The first kappa shape index (κ1) is 18.6. The Morgan fingerprint density at radius 3 is 2.34 bits per heavy atom. The molecule has 5 heteroatoms. The molecule has 0 aliphatic carbocycles. The Morgan fingerprint density at radius 2 is 1.62 bits per heavy atom. The first-order valence-corrected chi connectivity index (χ1v) is 9.43. The van der Waals surface area contributed by atoms with Crippen LogP contribution in [0.15, 0.2) is 78.8 Å². The van der Waals surface area contributed by atoms with Crippen molar-refractivity contribution in [3.05, 3.63) is 101 Å². The molecule has 0 unspecified atom stereocenters. The normalized spacial score (nSPS) is 13.9. The van der Waals surface area contributed by atoms with Crippen LogP contribution in [0.2, 0.25) is 0 Å². The Bertz CT molecular complexity index is 1110. The van der Waals surface area contributed by atoms with Crippen molar-refractivity contribution in [2.24, 2.45) is 0 Å². The fraction of sp³-hybridized carbons (Fsp3) is 0.125. The second-order valence-electron chi connectivity index (χ2n) is 7.11. The van der Waals surface area contributed by atoms with Gasteiger partial charge in [-0.3, -0.25) is 19.5 Å². The molecule has 2 heterocycles. The second kappa shape index (κ2) is 7.72. The molecule has 29 heavy (non-hydrogen) atoms. The number of carbonyl (C=O) groups is 2. The number of nitrogens with one attached hydrogen (secondary N) is 1. The lowest BCUT2D eigenvalue weighted by atomic mass is 10.0. The van der Waals surface area contributed by atoms with E-state index >= 15 is 0 Å². The molecule has 0 spiro atoms. The molecule has 2 aromatic carbocycles. The van der Waals surface area contributed by atoms with Crippen LogP contribution in [0.1, 0.15) is 22.3 Å². The minimum Gasteiger partial charge on any atom is -0.350 e. The van der Waals surface area contributed by atoms with Crippen LogP contribution in [0.4, 0.5) is 5.69 Å². The SMILES string of the molecule is Cc1ccc(C)c(NC2=C(c3ccccc3)C(=O)N(Cc3ccncc3)C2=O)c1. The number of benzene rings is 2. The summed E-state index contributed by atoms with van der Waals surface area (Å²) in [4.78, 5) is 31.8. The van der Waals surface area contributed by atoms with Gasteiger partial charge in [-0.1, -0.05) is 42.5 Å². The summed E-state index contributed by atoms with van der Waals surface area (Å²) in [6.07, 6.45) is 3.31. The fourth-order valence-electron chi connectivity index (χ4n) is 3.38. The van der Waals surface area contributed by atoms with Crippen molar-refractivity contribution in [2.75, 3.05) is 5.32 Å². The Kier molecular flexibility index (Phi) is 4.96. The van der Waals surface area contributed by atoms with E-state index in [4.69, 9.17) is 0 Å². The average molecular weight is 383 g/mol. The second-order valence-corrected chi connectivity index (χ2v) is 7.11. The number of aromatic nitrogens is 1. The van der Waals surface area contributed by atoms with Crippen LogP contribution < -0.4 is 5.32 Å². The minimum atomic E-state index is -0.327. The summed E-state index contributed by atoms with van der Waals surface area (Å²) >= 11 is 0. The van der Waals surface area contributed by atoms with Crippen molar-refractivity contribution in [3.63, 3.8) is 0 Å². The summed E-state index contributed by atoms with van der Waals surface area (Å²) in [7, 11) is 0. The summed E-state index contributed by atoms with van der Waals surface area (Å²) in [5, 5.41) is 3.25. The van der Waals surface area contributed by atoms with Gasteiger partial charge in [-0.2, -0.15) is 0 Å². The number of nitrogens with zero attached hydrogens (tertiary/aromatic N) is 2. The molecule has 1 aliphatic heterocycles. The van der Waals surface area contributed by atoms with Crippen LogP contribution >= 0.6 is 0 Å². The largest absolute Gasteiger partial charge is 0.350 e. The predicted octanol–water partition coefficient (Wildman–Crippen LogP) is 4.09. The van der Waals surface area contributed by atoms with E-state index in [1.54, 1.807) is 24.5 Å². The maximum atomic E-state index is 13.3. The smallest absolute Gasteiger partial charge is 0.278 e. The van der Waals surface area contributed by atoms with E-state index in [9.17, 15) is 9.59 Å². The monoisotopic (exact) mass is 383 g/mol. The zero-order chi connectivity index (χ0) is 20.4. The van der Waals surface area contributed by atoms with Gasteiger partial charge in [0, 0.05) is 18.1 Å².